The molecule has 3 nitrogen and oxygen atoms in total. The smallest absolute Gasteiger partial charge is 0.251 e. The van der Waals surface area contributed by atoms with Crippen LogP contribution in [0.1, 0.15) is 23.7 Å². The van der Waals surface area contributed by atoms with Gasteiger partial charge in [0, 0.05) is 16.6 Å². The third-order valence-corrected chi connectivity index (χ3v) is 2.31. The van der Waals surface area contributed by atoms with Crippen LogP contribution in [-0.2, 0) is 0 Å². The standard InChI is InChI=1S/C13H16BrNO2/c1-3-8-17-12-6-4-11(5-7-12)13(16)15-9-10(2)14/h4-7H,2-3,8-9H2,1H3,(H,15,16). The quantitative estimate of drug-likeness (QED) is 0.876. The molecule has 0 aromatic heterocycles. The normalized spacial score (nSPS) is 9.76. The van der Waals surface area contributed by atoms with Crippen molar-refractivity contribution in [3.05, 3.63) is 40.9 Å². The molecule has 0 atom stereocenters. The highest BCUT2D eigenvalue weighted by molar-refractivity contribution is 9.11. The van der Waals surface area contributed by atoms with Crippen molar-refractivity contribution in [2.45, 2.75) is 13.3 Å². The fourth-order valence-corrected chi connectivity index (χ4v) is 1.34. The largest absolute Gasteiger partial charge is 0.494 e. The SMILES string of the molecule is C=C(Br)CNC(=O)c1ccc(OCCC)cc1. The fraction of sp³-hybridized carbons (Fsp3) is 0.308. The van der Waals surface area contributed by atoms with E-state index in [-0.39, 0.29) is 5.91 Å². The molecule has 0 aliphatic heterocycles. The van der Waals surface area contributed by atoms with Gasteiger partial charge < -0.3 is 10.1 Å². The number of rotatable bonds is 6. The van der Waals surface area contributed by atoms with Crippen LogP contribution in [0.2, 0.25) is 0 Å². The zero-order valence-corrected chi connectivity index (χ0v) is 11.4. The highest BCUT2D eigenvalue weighted by Crippen LogP contribution is 2.12. The lowest BCUT2D eigenvalue weighted by Crippen LogP contribution is -2.24. The van der Waals surface area contributed by atoms with Gasteiger partial charge in [-0.3, -0.25) is 4.79 Å². The summed E-state index contributed by atoms with van der Waals surface area (Å²) < 4.78 is 6.18. The molecule has 0 aliphatic carbocycles. The van der Waals surface area contributed by atoms with E-state index in [1.807, 2.05) is 0 Å². The molecule has 1 aromatic carbocycles. The molecule has 1 aromatic rings. The van der Waals surface area contributed by atoms with E-state index < -0.39 is 0 Å². The first-order chi connectivity index (χ1) is 8.13. The minimum atomic E-state index is -0.118. The Hall–Kier alpha value is -1.29. The molecular formula is C13H16BrNO2. The first kappa shape index (κ1) is 13.8. The van der Waals surface area contributed by atoms with Crippen molar-refractivity contribution in [2.24, 2.45) is 0 Å². The third kappa shape index (κ3) is 5.04. The number of carbonyl (C=O) groups is 1. The summed E-state index contributed by atoms with van der Waals surface area (Å²) >= 11 is 3.19. The van der Waals surface area contributed by atoms with Crippen LogP contribution in [0.4, 0.5) is 0 Å². The molecule has 17 heavy (non-hydrogen) atoms. The second-order valence-corrected chi connectivity index (χ2v) is 4.69. The molecule has 0 aliphatic rings. The fourth-order valence-electron chi connectivity index (χ4n) is 1.20. The van der Waals surface area contributed by atoms with Crippen molar-refractivity contribution < 1.29 is 9.53 Å². The average molecular weight is 298 g/mol. The molecule has 0 saturated carbocycles. The summed E-state index contributed by atoms with van der Waals surface area (Å²) in [4.78, 5) is 11.7. The number of ether oxygens (including phenoxy) is 1. The lowest BCUT2D eigenvalue weighted by atomic mass is 10.2. The monoisotopic (exact) mass is 297 g/mol. The highest BCUT2D eigenvalue weighted by atomic mass is 79.9. The first-order valence-corrected chi connectivity index (χ1v) is 6.27. The topological polar surface area (TPSA) is 38.3 Å². The summed E-state index contributed by atoms with van der Waals surface area (Å²) in [5.41, 5.74) is 0.614. The first-order valence-electron chi connectivity index (χ1n) is 5.48. The van der Waals surface area contributed by atoms with Gasteiger partial charge in [-0.2, -0.15) is 0 Å². The summed E-state index contributed by atoms with van der Waals surface area (Å²) in [5, 5.41) is 2.73. The molecule has 0 saturated heterocycles. The van der Waals surface area contributed by atoms with Crippen molar-refractivity contribution >= 4 is 21.8 Å². The summed E-state index contributed by atoms with van der Waals surface area (Å²) in [6, 6.07) is 7.09. The lowest BCUT2D eigenvalue weighted by molar-refractivity contribution is 0.0957. The minimum absolute atomic E-state index is 0.118. The van der Waals surface area contributed by atoms with Gasteiger partial charge in [0.25, 0.3) is 5.91 Å². The molecule has 1 amide bonds. The van der Waals surface area contributed by atoms with Crippen LogP contribution in [0, 0.1) is 0 Å². The second-order valence-electron chi connectivity index (χ2n) is 3.57. The molecule has 0 spiro atoms. The van der Waals surface area contributed by atoms with Crippen molar-refractivity contribution in [3.8, 4) is 5.75 Å². The van der Waals surface area contributed by atoms with Gasteiger partial charge in [0.05, 0.1) is 6.61 Å². The second kappa shape index (κ2) is 7.12. The number of carbonyl (C=O) groups excluding carboxylic acids is 1. The van der Waals surface area contributed by atoms with Crippen LogP contribution in [0.25, 0.3) is 0 Å². The molecule has 4 heteroatoms. The van der Waals surface area contributed by atoms with E-state index in [0.29, 0.717) is 18.7 Å². The van der Waals surface area contributed by atoms with Gasteiger partial charge in [-0.1, -0.05) is 29.4 Å². The molecule has 0 fully saturated rings. The number of nitrogens with one attached hydrogen (secondary N) is 1. The van der Waals surface area contributed by atoms with Gasteiger partial charge in [-0.15, -0.1) is 0 Å². The number of benzene rings is 1. The van der Waals surface area contributed by atoms with Gasteiger partial charge in [-0.05, 0) is 30.7 Å². The molecule has 1 N–H and O–H groups in total. The third-order valence-electron chi connectivity index (χ3n) is 2.03. The van der Waals surface area contributed by atoms with Gasteiger partial charge in [0.2, 0.25) is 0 Å². The van der Waals surface area contributed by atoms with Gasteiger partial charge in [0.1, 0.15) is 5.75 Å². The van der Waals surface area contributed by atoms with Gasteiger partial charge in [0.15, 0.2) is 0 Å². The Labute approximate surface area is 110 Å². The summed E-state index contributed by atoms with van der Waals surface area (Å²) in [7, 11) is 0. The van der Waals surface area contributed by atoms with Crippen LogP contribution in [0.3, 0.4) is 0 Å². The minimum Gasteiger partial charge on any atom is -0.494 e. The number of hydrogen-bond acceptors (Lipinski definition) is 2. The maximum Gasteiger partial charge on any atom is 0.251 e. The molecular weight excluding hydrogens is 282 g/mol. The molecule has 0 unspecified atom stereocenters. The molecule has 0 heterocycles. The van der Waals surface area contributed by atoms with Crippen LogP contribution in [0.15, 0.2) is 35.3 Å². The van der Waals surface area contributed by atoms with Crippen LogP contribution < -0.4 is 10.1 Å². The van der Waals surface area contributed by atoms with E-state index in [4.69, 9.17) is 4.74 Å². The van der Waals surface area contributed by atoms with Gasteiger partial charge in [-0.25, -0.2) is 0 Å². The molecule has 1 rings (SSSR count). The Morgan fingerprint density at radius 2 is 2.06 bits per heavy atom. The Morgan fingerprint density at radius 3 is 2.59 bits per heavy atom. The molecule has 0 bridgehead atoms. The van der Waals surface area contributed by atoms with Crippen LogP contribution in [-0.4, -0.2) is 19.1 Å². The Kier molecular flexibility index (Phi) is 5.77. The summed E-state index contributed by atoms with van der Waals surface area (Å²) in [5.74, 6) is 0.668. The van der Waals surface area contributed by atoms with E-state index in [1.54, 1.807) is 24.3 Å². The van der Waals surface area contributed by atoms with Crippen LogP contribution >= 0.6 is 15.9 Å². The number of amides is 1. The predicted octanol–water partition coefficient (Wildman–Crippen LogP) is 3.11. The summed E-state index contributed by atoms with van der Waals surface area (Å²) in [6.07, 6.45) is 0.968. The van der Waals surface area contributed by atoms with Crippen molar-refractivity contribution in [1.82, 2.24) is 5.32 Å². The van der Waals surface area contributed by atoms with Crippen molar-refractivity contribution in [2.75, 3.05) is 13.2 Å². The van der Waals surface area contributed by atoms with Crippen LogP contribution in [0.5, 0.6) is 5.75 Å². The van der Waals surface area contributed by atoms with E-state index in [2.05, 4.69) is 34.7 Å². The highest BCUT2D eigenvalue weighted by Gasteiger charge is 2.04. The van der Waals surface area contributed by atoms with E-state index >= 15 is 0 Å². The average Bonchev–Trinajstić information content (AvgIpc) is 2.34. The Balaban J connectivity index is 2.54. The Bertz CT molecular complexity index is 387. The Morgan fingerprint density at radius 1 is 1.41 bits per heavy atom. The number of hydrogen-bond donors (Lipinski definition) is 1. The van der Waals surface area contributed by atoms with E-state index in [1.165, 1.54) is 0 Å². The zero-order chi connectivity index (χ0) is 12.7. The van der Waals surface area contributed by atoms with Gasteiger partial charge >= 0.3 is 0 Å². The molecule has 92 valence electrons. The predicted molar refractivity (Wildman–Crippen MR) is 72.6 cm³/mol. The van der Waals surface area contributed by atoms with Crippen molar-refractivity contribution in [3.63, 3.8) is 0 Å². The summed E-state index contributed by atoms with van der Waals surface area (Å²) in [6.45, 7) is 6.81. The number of halogens is 1. The zero-order valence-electron chi connectivity index (χ0n) is 9.83. The maximum absolute atomic E-state index is 11.7. The maximum atomic E-state index is 11.7. The van der Waals surface area contributed by atoms with E-state index in [0.717, 1.165) is 16.7 Å². The van der Waals surface area contributed by atoms with Crippen molar-refractivity contribution in [1.29, 1.82) is 0 Å². The molecule has 0 radical (unpaired) electrons. The van der Waals surface area contributed by atoms with E-state index in [9.17, 15) is 4.79 Å². The lowest BCUT2D eigenvalue weighted by Gasteiger charge is -2.06.